The van der Waals surface area contributed by atoms with Gasteiger partial charge in [0, 0.05) is 99.1 Å². The van der Waals surface area contributed by atoms with Gasteiger partial charge >= 0.3 is 0 Å². The molecule has 0 aliphatic carbocycles. The van der Waals surface area contributed by atoms with E-state index in [-0.39, 0.29) is 99.1 Å². The normalized spacial score (nSPS) is 27.9. The molecule has 10 aliphatic heterocycles. The molecule has 0 radical (unpaired) electrons. The summed E-state index contributed by atoms with van der Waals surface area (Å²) < 4.78 is 23.0. The number of nitrogens with zero attached hydrogens (tertiary/aromatic N) is 4. The molecule has 119 heavy (non-hydrogen) atoms. The predicted octanol–water partition coefficient (Wildman–Crippen LogP) is 18.7. The summed E-state index contributed by atoms with van der Waals surface area (Å²) in [7, 11) is 1.23. The smallest absolute Gasteiger partial charge is 0.228 e. The van der Waals surface area contributed by atoms with E-state index in [9.17, 15) is 19.2 Å². The van der Waals surface area contributed by atoms with Crippen molar-refractivity contribution in [3.63, 3.8) is 0 Å². The Labute approximate surface area is 743 Å². The van der Waals surface area contributed by atoms with Gasteiger partial charge in [0.05, 0.1) is 105 Å². The quantitative estimate of drug-likeness (QED) is 0.157. The van der Waals surface area contributed by atoms with Gasteiger partial charge < -0.3 is 38.5 Å². The van der Waals surface area contributed by atoms with E-state index < -0.39 is 0 Å². The maximum absolute atomic E-state index is 13.1. The molecular weight excluding hydrogens is 1610 g/mol. The third-order valence-corrected chi connectivity index (χ3v) is 41.9. The van der Waals surface area contributed by atoms with Gasteiger partial charge in [0.1, 0.15) is 10.5 Å². The molecule has 5 aromatic rings. The third-order valence-electron chi connectivity index (χ3n) is 24.3. The highest BCUT2D eigenvalue weighted by Gasteiger charge is 2.57. The van der Waals surface area contributed by atoms with Crippen LogP contribution in [0.4, 0.5) is 0 Å². The lowest BCUT2D eigenvalue weighted by Crippen LogP contribution is -2.66. The number of amides is 4. The van der Waals surface area contributed by atoms with Crippen molar-refractivity contribution in [3.8, 4) is 0 Å². The van der Waals surface area contributed by atoms with Gasteiger partial charge in [-0.1, -0.05) is 248 Å². The van der Waals surface area contributed by atoms with Crippen LogP contribution in [-0.4, -0.2) is 224 Å². The number of rotatable bonds is 5. The Bertz CT molecular complexity index is 3870. The van der Waals surface area contributed by atoms with Crippen LogP contribution in [0.5, 0.6) is 0 Å². The molecule has 0 spiro atoms. The summed E-state index contributed by atoms with van der Waals surface area (Å²) in [6.45, 7) is 71.5. The molecule has 6 atom stereocenters. The number of benzene rings is 5. The van der Waals surface area contributed by atoms with Gasteiger partial charge in [0.15, 0.2) is 66.5 Å². The van der Waals surface area contributed by atoms with Crippen molar-refractivity contribution < 1.29 is 38.1 Å². The topological polar surface area (TPSA) is 118 Å². The summed E-state index contributed by atoms with van der Waals surface area (Å²) in [6.07, 6.45) is 0. The Morgan fingerprint density at radius 1 is 0.235 bits per heavy atom. The van der Waals surface area contributed by atoms with E-state index in [2.05, 4.69) is 268 Å². The van der Waals surface area contributed by atoms with Crippen molar-refractivity contribution in [2.45, 2.75) is 291 Å². The minimum Gasteiger partial charge on any atom is -0.371 e. The van der Waals surface area contributed by atoms with Gasteiger partial charge in [-0.15, -0.1) is 0 Å². The van der Waals surface area contributed by atoms with Gasteiger partial charge in [0.25, 0.3) is 0 Å². The molecule has 10 aliphatic rings. The number of carbonyl (C=O) groups is 4. The summed E-state index contributed by atoms with van der Waals surface area (Å²) in [4.78, 5) is 67.4. The fourth-order valence-electron chi connectivity index (χ4n) is 17.7. The van der Waals surface area contributed by atoms with Crippen LogP contribution < -0.4 is 0 Å². The second-order valence-corrected chi connectivity index (χ2v) is 58.9. The van der Waals surface area contributed by atoms with Crippen molar-refractivity contribution in [1.29, 1.82) is 0 Å². The van der Waals surface area contributed by atoms with Gasteiger partial charge in [0.2, 0.25) is 23.6 Å². The summed E-state index contributed by atoms with van der Waals surface area (Å²) >= 11 is 4.20. The van der Waals surface area contributed by atoms with Crippen LogP contribution in [0.3, 0.4) is 0 Å². The highest BCUT2D eigenvalue weighted by Crippen LogP contribution is 2.44. The first-order valence-electron chi connectivity index (χ1n) is 44.1. The number of ether oxygens (including phenoxy) is 4. The number of carbonyl (C=O) groups excluding carboxylic acids is 4. The molecule has 0 N–H and O–H groups in total. The van der Waals surface area contributed by atoms with Crippen LogP contribution in [0.15, 0.2) is 146 Å². The summed E-state index contributed by atoms with van der Waals surface area (Å²) in [5, 5.41) is 5.31. The molecule has 10 fully saturated rings. The molecule has 10 heterocycles. The van der Waals surface area contributed by atoms with Crippen LogP contribution in [-0.2, 0) is 120 Å². The Balaban J connectivity index is 0.000000147. The van der Waals surface area contributed by atoms with E-state index >= 15 is 0 Å². The average molecular weight is 1760 g/mol. The molecule has 656 valence electrons. The molecular formula is C100H151N4O8S7+5. The number of thioether (sulfide) groups is 2. The molecule has 10 bridgehead atoms. The summed E-state index contributed by atoms with van der Waals surface area (Å²) in [5.74, 6) is 5.98. The molecule has 15 rings (SSSR count). The summed E-state index contributed by atoms with van der Waals surface area (Å²) in [5.41, 5.74) is 6.65. The minimum absolute atomic E-state index is 0.0453. The lowest BCUT2D eigenvalue weighted by atomic mass is 9.87. The van der Waals surface area contributed by atoms with E-state index in [0.717, 1.165) is 116 Å². The van der Waals surface area contributed by atoms with E-state index in [1.54, 1.807) is 4.90 Å². The largest absolute Gasteiger partial charge is 0.371 e. The first kappa shape index (κ1) is 95.9. The fourth-order valence-corrected chi connectivity index (χ4v) is 36.4. The molecule has 5 aromatic carbocycles. The zero-order valence-corrected chi connectivity index (χ0v) is 83.6. The molecule has 6 unspecified atom stereocenters. The van der Waals surface area contributed by atoms with E-state index in [1.807, 2.05) is 83.1 Å². The zero-order chi connectivity index (χ0) is 87.1. The lowest BCUT2D eigenvalue weighted by molar-refractivity contribution is -0.143. The maximum atomic E-state index is 13.1. The van der Waals surface area contributed by atoms with Crippen molar-refractivity contribution >= 4 is 102 Å². The second-order valence-electron chi connectivity index (χ2n) is 44.0. The lowest BCUT2D eigenvalue weighted by Gasteiger charge is -2.46. The monoisotopic (exact) mass is 1760 g/mol. The van der Waals surface area contributed by atoms with Crippen LogP contribution in [0.25, 0.3) is 0 Å². The van der Waals surface area contributed by atoms with Crippen LogP contribution >= 0.6 is 23.5 Å². The van der Waals surface area contributed by atoms with Gasteiger partial charge in [-0.3, -0.25) is 19.2 Å². The van der Waals surface area contributed by atoms with Crippen LogP contribution in [0, 0.1) is 21.7 Å². The van der Waals surface area contributed by atoms with E-state index in [0.29, 0.717) is 69.7 Å². The van der Waals surface area contributed by atoms with E-state index in [4.69, 9.17) is 18.9 Å². The zero-order valence-electron chi connectivity index (χ0n) is 77.9. The Morgan fingerprint density at radius 2 is 0.395 bits per heavy atom. The molecule has 10 saturated heterocycles. The first-order chi connectivity index (χ1) is 55.3. The van der Waals surface area contributed by atoms with Crippen LogP contribution in [0.2, 0.25) is 0 Å². The van der Waals surface area contributed by atoms with E-state index in [1.165, 1.54) is 70.4 Å². The van der Waals surface area contributed by atoms with Crippen molar-refractivity contribution in [1.82, 2.24) is 19.6 Å². The van der Waals surface area contributed by atoms with Crippen LogP contribution in [0.1, 0.15) is 215 Å². The van der Waals surface area contributed by atoms with Crippen molar-refractivity contribution in [2.24, 2.45) is 21.7 Å². The molecule has 12 nitrogen and oxygen atoms in total. The number of hydrogen-bond donors (Lipinski definition) is 0. The van der Waals surface area contributed by atoms with Crippen molar-refractivity contribution in [3.05, 3.63) is 149 Å². The third kappa shape index (κ3) is 24.1. The Morgan fingerprint density at radius 3 is 0.613 bits per heavy atom. The highest BCUT2D eigenvalue weighted by molar-refractivity contribution is 8.06. The Kier molecular flexibility index (Phi) is 31.0. The standard InChI is InChI=1S/C26H41N2O2S.C21H32NO2S.C21H32NOS2.C16H23O2S.C16H23OS2/c1-24(2,3)18-10-12-19(13-11-18)31-20-14-27(22(29)25(4,5)6)15-21(31)17-28(16-20)23(30)26(7,8)9;2*1-20(2,3)15-7-9-16(10-8-15)25-17-11-22(19(23)21(4,5)6)12-18(25)14-24-13-17;1-16(2,3)12-4-6-13(7-5-12)19-14-8-17-10-15(19)11-18-9-14;1-16(2,3)12-4-6-13(7-5-12)19-14-8-17-9-15(19)11-18-10-14/h10-13,20-21H,14-17H2,1-9H3;2*7-10,17-18H,11-14H2,1-6H3;2*4-7,14-15H,8-11H2,1-3H3/q5*+1. The van der Waals surface area contributed by atoms with Crippen molar-refractivity contribution in [2.75, 3.05) is 128 Å². The fraction of sp³-hybridized carbons (Fsp3) is 0.660. The number of fused-ring (bicyclic) bond motifs is 10. The van der Waals surface area contributed by atoms with Gasteiger partial charge in [-0.25, -0.2) is 0 Å². The minimum atomic E-state index is -0.375. The maximum Gasteiger partial charge on any atom is 0.228 e. The average Bonchev–Trinajstić information content (AvgIpc) is 0.742. The second kappa shape index (κ2) is 38.4. The van der Waals surface area contributed by atoms with Gasteiger partial charge in [-0.05, 0) is 116 Å². The predicted molar refractivity (Wildman–Crippen MR) is 514 cm³/mol. The van der Waals surface area contributed by atoms with Gasteiger partial charge in [-0.2, -0.15) is 23.5 Å². The molecule has 0 aromatic heterocycles. The summed E-state index contributed by atoms with van der Waals surface area (Å²) in [6, 6.07) is 46.4. The Hall–Kier alpha value is -3.73. The molecule has 4 amide bonds. The highest BCUT2D eigenvalue weighted by atomic mass is 32.2. The molecule has 19 heteroatoms. The SMILES string of the molecule is CC(C)(C)C(=O)N1CC2CN(C(=O)C(C)(C)C)CC(C1)[S+]2c1ccc(C(C)(C)C)cc1.CC(C)(C)C(=O)N1CC2COCC(C1)[S+]2c1ccc(C(C)(C)C)cc1.CC(C)(C)C(=O)N1CC2CSCC(C1)[S+]2c1ccc(C(C)(C)C)cc1.CC(C)(C)c1ccc([S+]2C3COCC2COC3)cc1.CC(C)(C)c1ccc([S+]2C3COCC2CSC3)cc1. The first-order valence-corrected chi connectivity index (χ1v) is 53.2. The number of hydrogen-bond acceptors (Lipinski definition) is 10. The molecule has 0 saturated carbocycles.